The van der Waals surface area contributed by atoms with E-state index >= 15 is 0 Å². The van der Waals surface area contributed by atoms with E-state index in [0.29, 0.717) is 17.9 Å². The highest BCUT2D eigenvalue weighted by Gasteiger charge is 2.35. The fraction of sp³-hybridized carbons (Fsp3) is 0.714. The molecule has 1 unspecified atom stereocenters. The van der Waals surface area contributed by atoms with Crippen molar-refractivity contribution in [3.05, 3.63) is 11.3 Å². The number of anilines is 1. The molecule has 1 aliphatic rings. The first-order chi connectivity index (χ1) is 9.51. The van der Waals surface area contributed by atoms with Crippen molar-refractivity contribution in [1.29, 1.82) is 0 Å². The third-order valence-electron chi connectivity index (χ3n) is 4.32. The van der Waals surface area contributed by atoms with Crippen LogP contribution < -0.4 is 11.1 Å². The summed E-state index contributed by atoms with van der Waals surface area (Å²) < 4.78 is 5.92. The van der Waals surface area contributed by atoms with E-state index in [1.54, 1.807) is 6.92 Å². The molecule has 1 aromatic rings. The zero-order chi connectivity index (χ0) is 14.8. The first-order valence-corrected chi connectivity index (χ1v) is 7.26. The number of nitrogen functional groups attached to an aromatic ring is 1. The molecule has 0 bridgehead atoms. The Hall–Kier alpha value is -1.56. The van der Waals surface area contributed by atoms with Crippen LogP contribution in [0.4, 0.5) is 5.82 Å². The number of nitrogens with two attached hydrogens (primary N) is 1. The number of aromatic nitrogens is 2. The minimum atomic E-state index is -0.151. The maximum absolute atomic E-state index is 12.3. The average Bonchev–Trinajstić information content (AvgIpc) is 2.78. The van der Waals surface area contributed by atoms with Gasteiger partial charge in [-0.3, -0.25) is 9.89 Å². The van der Waals surface area contributed by atoms with E-state index in [1.165, 1.54) is 0 Å². The van der Waals surface area contributed by atoms with Crippen LogP contribution in [0.3, 0.4) is 0 Å². The summed E-state index contributed by atoms with van der Waals surface area (Å²) in [6, 6.07) is 0.129. The zero-order valence-corrected chi connectivity index (χ0v) is 12.5. The van der Waals surface area contributed by atoms with Crippen LogP contribution in [0.25, 0.3) is 0 Å². The number of carbonyl (C=O) groups is 1. The molecule has 0 aromatic carbocycles. The number of H-pyrrole nitrogens is 1. The molecule has 1 aliphatic heterocycles. The van der Waals surface area contributed by atoms with E-state index in [-0.39, 0.29) is 23.4 Å². The van der Waals surface area contributed by atoms with Gasteiger partial charge < -0.3 is 15.8 Å². The highest BCUT2D eigenvalue weighted by Crippen LogP contribution is 2.31. The lowest BCUT2D eigenvalue weighted by Crippen LogP contribution is -2.48. The fourth-order valence-corrected chi connectivity index (χ4v) is 2.89. The molecule has 0 spiro atoms. The second kappa shape index (κ2) is 5.83. The van der Waals surface area contributed by atoms with Crippen LogP contribution in [-0.4, -0.2) is 34.4 Å². The fourth-order valence-electron chi connectivity index (χ4n) is 2.89. The smallest absolute Gasteiger partial charge is 0.257 e. The van der Waals surface area contributed by atoms with Gasteiger partial charge in [-0.15, -0.1) is 0 Å². The van der Waals surface area contributed by atoms with E-state index < -0.39 is 0 Å². The Morgan fingerprint density at radius 1 is 1.55 bits per heavy atom. The van der Waals surface area contributed by atoms with E-state index in [4.69, 9.17) is 10.5 Å². The summed E-state index contributed by atoms with van der Waals surface area (Å²) in [6.07, 6.45) is 3.61. The number of amides is 1. The Labute approximate surface area is 119 Å². The molecule has 1 atom stereocenters. The number of hydrogen-bond donors (Lipinski definition) is 3. The quantitative estimate of drug-likeness (QED) is 0.783. The Kier molecular flexibility index (Phi) is 4.32. The van der Waals surface area contributed by atoms with Gasteiger partial charge in [0.05, 0.1) is 5.60 Å². The first kappa shape index (κ1) is 14.8. The van der Waals surface area contributed by atoms with Gasteiger partial charge in [0.1, 0.15) is 5.56 Å². The Balaban J connectivity index is 2.05. The number of hydrogen-bond acceptors (Lipinski definition) is 4. The summed E-state index contributed by atoms with van der Waals surface area (Å²) in [5.41, 5.74) is 6.77. The van der Waals surface area contributed by atoms with Crippen molar-refractivity contribution >= 4 is 11.7 Å². The van der Waals surface area contributed by atoms with Crippen LogP contribution in [0.5, 0.6) is 0 Å². The average molecular weight is 280 g/mol. The standard InChI is InChI=1S/C14H24N4O2/c1-4-14(5-2)8-10(6-7-20-14)16-13(19)11-9(3)17-18-12(11)15/h10H,4-8H2,1-3H3,(H,16,19)(H3,15,17,18). The van der Waals surface area contributed by atoms with Crippen molar-refractivity contribution in [3.8, 4) is 0 Å². The second-order valence-electron chi connectivity index (χ2n) is 5.51. The number of ether oxygens (including phenoxy) is 1. The van der Waals surface area contributed by atoms with Gasteiger partial charge in [0.2, 0.25) is 0 Å². The van der Waals surface area contributed by atoms with Crippen LogP contribution in [0.15, 0.2) is 0 Å². The molecule has 0 aliphatic carbocycles. The molecule has 6 nitrogen and oxygen atoms in total. The van der Waals surface area contributed by atoms with Crippen molar-refractivity contribution in [3.63, 3.8) is 0 Å². The SMILES string of the molecule is CCC1(CC)CC(NC(=O)c2c(N)n[nH]c2C)CCO1. The molecule has 0 radical (unpaired) electrons. The minimum Gasteiger partial charge on any atom is -0.382 e. The summed E-state index contributed by atoms with van der Waals surface area (Å²) in [4.78, 5) is 12.3. The molecule has 6 heteroatoms. The topological polar surface area (TPSA) is 93.0 Å². The third kappa shape index (κ3) is 2.80. The summed E-state index contributed by atoms with van der Waals surface area (Å²) in [5.74, 6) is 0.103. The maximum atomic E-state index is 12.3. The molecule has 112 valence electrons. The molecule has 0 saturated carbocycles. The molecule has 20 heavy (non-hydrogen) atoms. The minimum absolute atomic E-state index is 0.104. The van der Waals surface area contributed by atoms with Gasteiger partial charge in [0, 0.05) is 18.3 Å². The molecule has 1 amide bonds. The molecule has 1 saturated heterocycles. The van der Waals surface area contributed by atoms with Crippen LogP contribution in [0.1, 0.15) is 55.6 Å². The third-order valence-corrected chi connectivity index (χ3v) is 4.32. The molecule has 4 N–H and O–H groups in total. The second-order valence-corrected chi connectivity index (χ2v) is 5.51. The van der Waals surface area contributed by atoms with E-state index in [0.717, 1.165) is 25.7 Å². The van der Waals surface area contributed by atoms with Gasteiger partial charge in [0.15, 0.2) is 5.82 Å². The Morgan fingerprint density at radius 2 is 2.25 bits per heavy atom. The predicted molar refractivity (Wildman–Crippen MR) is 77.5 cm³/mol. The first-order valence-electron chi connectivity index (χ1n) is 7.26. The number of carbonyl (C=O) groups excluding carboxylic acids is 1. The lowest BCUT2D eigenvalue weighted by atomic mass is 9.86. The van der Waals surface area contributed by atoms with Gasteiger partial charge in [-0.2, -0.15) is 5.10 Å². The van der Waals surface area contributed by atoms with Crippen molar-refractivity contribution in [2.24, 2.45) is 0 Å². The van der Waals surface area contributed by atoms with Crippen LogP contribution in [-0.2, 0) is 4.74 Å². The van der Waals surface area contributed by atoms with Crippen molar-refractivity contribution in [2.75, 3.05) is 12.3 Å². The largest absolute Gasteiger partial charge is 0.382 e. The number of rotatable bonds is 4. The maximum Gasteiger partial charge on any atom is 0.257 e. The summed E-state index contributed by atoms with van der Waals surface area (Å²) in [6.45, 7) is 6.74. The van der Waals surface area contributed by atoms with Gasteiger partial charge in [-0.1, -0.05) is 13.8 Å². The highest BCUT2D eigenvalue weighted by molar-refractivity contribution is 5.99. The van der Waals surface area contributed by atoms with Crippen molar-refractivity contribution in [1.82, 2.24) is 15.5 Å². The zero-order valence-electron chi connectivity index (χ0n) is 12.5. The number of nitrogens with one attached hydrogen (secondary N) is 2. The molecule has 2 heterocycles. The summed E-state index contributed by atoms with van der Waals surface area (Å²) in [7, 11) is 0. The van der Waals surface area contributed by atoms with E-state index in [9.17, 15) is 4.79 Å². The van der Waals surface area contributed by atoms with E-state index in [1.807, 2.05) is 0 Å². The van der Waals surface area contributed by atoms with Crippen LogP contribution in [0.2, 0.25) is 0 Å². The molecular formula is C14H24N4O2. The Bertz CT molecular complexity index is 460. The Morgan fingerprint density at radius 3 is 2.80 bits per heavy atom. The molecule has 1 aromatic heterocycles. The van der Waals surface area contributed by atoms with Gasteiger partial charge in [-0.05, 0) is 32.6 Å². The van der Waals surface area contributed by atoms with Crippen molar-refractivity contribution in [2.45, 2.75) is 58.1 Å². The molecule has 1 fully saturated rings. The molecule has 2 rings (SSSR count). The van der Waals surface area contributed by atoms with Gasteiger partial charge in [-0.25, -0.2) is 0 Å². The van der Waals surface area contributed by atoms with Gasteiger partial charge >= 0.3 is 0 Å². The van der Waals surface area contributed by atoms with Gasteiger partial charge in [0.25, 0.3) is 5.91 Å². The summed E-state index contributed by atoms with van der Waals surface area (Å²) in [5, 5.41) is 9.66. The highest BCUT2D eigenvalue weighted by atomic mass is 16.5. The lowest BCUT2D eigenvalue weighted by Gasteiger charge is -2.40. The lowest BCUT2D eigenvalue weighted by molar-refractivity contribution is -0.0917. The number of aromatic amines is 1. The number of aryl methyl sites for hydroxylation is 1. The van der Waals surface area contributed by atoms with Crippen molar-refractivity contribution < 1.29 is 9.53 Å². The normalized spacial score (nSPS) is 21.6. The monoisotopic (exact) mass is 280 g/mol. The van der Waals surface area contributed by atoms with E-state index in [2.05, 4.69) is 29.4 Å². The number of nitrogens with zero attached hydrogens (tertiary/aromatic N) is 1. The predicted octanol–water partition coefficient (Wildman–Crippen LogP) is 1.77. The van der Waals surface area contributed by atoms with Crippen LogP contribution in [0, 0.1) is 6.92 Å². The molecular weight excluding hydrogens is 256 g/mol. The van der Waals surface area contributed by atoms with Crippen LogP contribution >= 0.6 is 0 Å². The summed E-state index contributed by atoms with van der Waals surface area (Å²) >= 11 is 0.